The van der Waals surface area contributed by atoms with E-state index >= 15 is 0 Å². The van der Waals surface area contributed by atoms with Gasteiger partial charge in [0.25, 0.3) is 0 Å². The van der Waals surface area contributed by atoms with Gasteiger partial charge in [0, 0.05) is 17.5 Å². The maximum atomic E-state index is 12.6. The van der Waals surface area contributed by atoms with Gasteiger partial charge in [-0.3, -0.25) is 4.79 Å². The van der Waals surface area contributed by atoms with Gasteiger partial charge in [-0.1, -0.05) is 50.6 Å². The molecule has 1 aromatic heterocycles. The Morgan fingerprint density at radius 3 is 2.63 bits per heavy atom. The van der Waals surface area contributed by atoms with Crippen molar-refractivity contribution in [1.29, 1.82) is 0 Å². The minimum absolute atomic E-state index is 0.0184. The van der Waals surface area contributed by atoms with Gasteiger partial charge in [0.05, 0.1) is 11.4 Å². The third kappa shape index (κ3) is 3.51. The molecule has 2 aromatic rings. The Bertz CT molecular complexity index is 507. The van der Waals surface area contributed by atoms with E-state index in [1.165, 1.54) is 0 Å². The highest BCUT2D eigenvalue weighted by atomic mass is 32.1. The number of nitrogens with zero attached hydrogens (tertiary/aromatic N) is 1. The largest absolute Gasteiger partial charge is 0.299 e. The molecule has 0 aliphatic carbocycles. The number of thiazole rings is 1. The standard InChI is InChI=1S/C16H19NOS/c1-3-12(2)16(13-7-5-4-6-8-13)14(18)11-15-17-9-10-19-15/h4-10,12,16H,3,11H2,1-2H3. The van der Waals surface area contributed by atoms with Crippen molar-refractivity contribution in [2.75, 3.05) is 0 Å². The summed E-state index contributed by atoms with van der Waals surface area (Å²) in [4.78, 5) is 16.8. The van der Waals surface area contributed by atoms with Crippen LogP contribution in [0.5, 0.6) is 0 Å². The van der Waals surface area contributed by atoms with E-state index in [0.717, 1.165) is 17.0 Å². The van der Waals surface area contributed by atoms with E-state index < -0.39 is 0 Å². The number of hydrogen-bond acceptors (Lipinski definition) is 3. The molecule has 0 spiro atoms. The fraction of sp³-hybridized carbons (Fsp3) is 0.375. The maximum absolute atomic E-state index is 12.6. The monoisotopic (exact) mass is 273 g/mol. The number of ketones is 1. The highest BCUT2D eigenvalue weighted by Crippen LogP contribution is 2.29. The van der Waals surface area contributed by atoms with Gasteiger partial charge < -0.3 is 0 Å². The Hall–Kier alpha value is -1.48. The number of carbonyl (C=O) groups is 1. The van der Waals surface area contributed by atoms with Crippen LogP contribution in [0, 0.1) is 5.92 Å². The molecule has 2 atom stereocenters. The molecule has 0 aliphatic heterocycles. The normalized spacial score (nSPS) is 14.0. The average Bonchev–Trinajstić information content (AvgIpc) is 2.93. The summed E-state index contributed by atoms with van der Waals surface area (Å²) >= 11 is 1.55. The molecule has 1 aromatic carbocycles. The first-order valence-electron chi connectivity index (χ1n) is 6.68. The lowest BCUT2D eigenvalue weighted by Gasteiger charge is -2.22. The molecule has 1 heterocycles. The highest BCUT2D eigenvalue weighted by Gasteiger charge is 2.26. The Kier molecular flexibility index (Phi) is 4.86. The molecule has 2 rings (SSSR count). The number of rotatable bonds is 6. The zero-order valence-electron chi connectivity index (χ0n) is 11.4. The molecule has 0 radical (unpaired) electrons. The fourth-order valence-electron chi connectivity index (χ4n) is 2.33. The van der Waals surface area contributed by atoms with Crippen molar-refractivity contribution >= 4 is 17.1 Å². The van der Waals surface area contributed by atoms with Crippen molar-refractivity contribution in [2.45, 2.75) is 32.6 Å². The van der Waals surface area contributed by atoms with E-state index in [2.05, 4.69) is 31.0 Å². The van der Waals surface area contributed by atoms with Gasteiger partial charge in [0.15, 0.2) is 0 Å². The molecular weight excluding hydrogens is 254 g/mol. The lowest BCUT2D eigenvalue weighted by atomic mass is 9.81. The number of hydrogen-bond donors (Lipinski definition) is 0. The Morgan fingerprint density at radius 1 is 1.32 bits per heavy atom. The van der Waals surface area contributed by atoms with Crippen LogP contribution in [0.4, 0.5) is 0 Å². The minimum atomic E-state index is -0.0184. The van der Waals surface area contributed by atoms with E-state index in [1.54, 1.807) is 17.5 Å². The van der Waals surface area contributed by atoms with Crippen LogP contribution < -0.4 is 0 Å². The summed E-state index contributed by atoms with van der Waals surface area (Å²) in [6.07, 6.45) is 3.21. The van der Waals surface area contributed by atoms with Crippen molar-refractivity contribution in [3.63, 3.8) is 0 Å². The molecular formula is C16H19NOS. The summed E-state index contributed by atoms with van der Waals surface area (Å²) in [6, 6.07) is 10.1. The van der Waals surface area contributed by atoms with Crippen molar-refractivity contribution in [2.24, 2.45) is 5.92 Å². The molecule has 2 unspecified atom stereocenters. The van der Waals surface area contributed by atoms with Gasteiger partial charge >= 0.3 is 0 Å². The molecule has 3 heteroatoms. The molecule has 0 N–H and O–H groups in total. The summed E-state index contributed by atoms with van der Waals surface area (Å²) in [6.45, 7) is 4.29. The first-order chi connectivity index (χ1) is 9.22. The van der Waals surface area contributed by atoms with Gasteiger partial charge in [-0.05, 0) is 11.5 Å². The number of Topliss-reactive ketones (excluding diaryl/α,β-unsaturated/α-hetero) is 1. The fourth-order valence-corrected chi connectivity index (χ4v) is 2.95. The van der Waals surface area contributed by atoms with Gasteiger partial charge in [-0.25, -0.2) is 4.98 Å². The molecule has 0 saturated heterocycles. The summed E-state index contributed by atoms with van der Waals surface area (Å²) in [7, 11) is 0. The van der Waals surface area contributed by atoms with Crippen molar-refractivity contribution in [1.82, 2.24) is 4.98 Å². The van der Waals surface area contributed by atoms with Crippen molar-refractivity contribution < 1.29 is 4.79 Å². The molecule has 0 saturated carbocycles. The van der Waals surface area contributed by atoms with Crippen LogP contribution in [-0.2, 0) is 11.2 Å². The highest BCUT2D eigenvalue weighted by molar-refractivity contribution is 7.09. The van der Waals surface area contributed by atoms with Crippen LogP contribution in [0.2, 0.25) is 0 Å². The summed E-state index contributed by atoms with van der Waals surface area (Å²) < 4.78 is 0. The first-order valence-corrected chi connectivity index (χ1v) is 7.56. The third-order valence-corrected chi connectivity index (χ3v) is 4.31. The molecule has 0 bridgehead atoms. The van der Waals surface area contributed by atoms with Crippen LogP contribution in [-0.4, -0.2) is 10.8 Å². The number of aromatic nitrogens is 1. The predicted molar refractivity (Wildman–Crippen MR) is 79.5 cm³/mol. The van der Waals surface area contributed by atoms with Crippen molar-refractivity contribution in [3.8, 4) is 0 Å². The molecule has 0 fully saturated rings. The van der Waals surface area contributed by atoms with E-state index in [1.807, 2.05) is 23.6 Å². The Morgan fingerprint density at radius 2 is 2.05 bits per heavy atom. The number of benzene rings is 1. The topological polar surface area (TPSA) is 30.0 Å². The van der Waals surface area contributed by atoms with E-state index in [0.29, 0.717) is 12.3 Å². The third-order valence-electron chi connectivity index (χ3n) is 3.53. The van der Waals surface area contributed by atoms with Crippen LogP contribution in [0.1, 0.15) is 36.8 Å². The Balaban J connectivity index is 2.20. The summed E-state index contributed by atoms with van der Waals surface area (Å²) in [5, 5.41) is 2.83. The lowest BCUT2D eigenvalue weighted by Crippen LogP contribution is -2.21. The summed E-state index contributed by atoms with van der Waals surface area (Å²) in [5.74, 6) is 0.612. The van der Waals surface area contributed by atoms with Crippen molar-refractivity contribution in [3.05, 3.63) is 52.5 Å². The lowest BCUT2D eigenvalue weighted by molar-refractivity contribution is -0.120. The predicted octanol–water partition coefficient (Wildman–Crippen LogP) is 4.08. The molecule has 0 aliphatic rings. The maximum Gasteiger partial charge on any atom is 0.147 e. The second kappa shape index (κ2) is 6.62. The number of carbonyl (C=O) groups excluding carboxylic acids is 1. The zero-order valence-corrected chi connectivity index (χ0v) is 12.2. The minimum Gasteiger partial charge on any atom is -0.299 e. The zero-order chi connectivity index (χ0) is 13.7. The molecule has 100 valence electrons. The van der Waals surface area contributed by atoms with Gasteiger partial charge in [0.1, 0.15) is 5.78 Å². The van der Waals surface area contributed by atoms with Crippen LogP contribution in [0.25, 0.3) is 0 Å². The van der Waals surface area contributed by atoms with Gasteiger partial charge in [-0.2, -0.15) is 0 Å². The first kappa shape index (κ1) is 13.9. The molecule has 0 amide bonds. The van der Waals surface area contributed by atoms with Gasteiger partial charge in [0.2, 0.25) is 0 Å². The second-order valence-electron chi connectivity index (χ2n) is 4.84. The smallest absolute Gasteiger partial charge is 0.147 e. The SMILES string of the molecule is CCC(C)C(C(=O)Cc1nccs1)c1ccccc1. The van der Waals surface area contributed by atoms with Gasteiger partial charge in [-0.15, -0.1) is 11.3 Å². The van der Waals surface area contributed by atoms with E-state index in [-0.39, 0.29) is 11.7 Å². The molecule has 19 heavy (non-hydrogen) atoms. The van der Waals surface area contributed by atoms with Crippen LogP contribution >= 0.6 is 11.3 Å². The van der Waals surface area contributed by atoms with E-state index in [9.17, 15) is 4.79 Å². The van der Waals surface area contributed by atoms with Crippen LogP contribution in [0.15, 0.2) is 41.9 Å². The Labute approximate surface area is 118 Å². The second-order valence-corrected chi connectivity index (χ2v) is 5.82. The average molecular weight is 273 g/mol. The molecule has 2 nitrogen and oxygen atoms in total. The van der Waals surface area contributed by atoms with Crippen LogP contribution in [0.3, 0.4) is 0 Å². The quantitative estimate of drug-likeness (QED) is 0.793. The van der Waals surface area contributed by atoms with E-state index in [4.69, 9.17) is 0 Å². The summed E-state index contributed by atoms with van der Waals surface area (Å²) in [5.41, 5.74) is 1.12.